The van der Waals surface area contributed by atoms with Gasteiger partial charge < -0.3 is 4.40 Å². The van der Waals surface area contributed by atoms with E-state index >= 15 is 0 Å². The zero-order valence-electron chi connectivity index (χ0n) is 11.5. The number of hydrogen-bond acceptors (Lipinski definition) is 3. The Bertz CT molecular complexity index is 905. The summed E-state index contributed by atoms with van der Waals surface area (Å²) >= 11 is 0. The average molecular weight is 275 g/mol. The lowest BCUT2D eigenvalue weighted by atomic mass is 10.1. The van der Waals surface area contributed by atoms with E-state index in [0.717, 1.165) is 22.6 Å². The van der Waals surface area contributed by atoms with Crippen molar-refractivity contribution in [2.75, 3.05) is 0 Å². The second-order valence-electron chi connectivity index (χ2n) is 4.96. The average Bonchev–Trinajstić information content (AvgIpc) is 3.16. The van der Waals surface area contributed by atoms with Crippen molar-refractivity contribution in [3.63, 3.8) is 0 Å². The number of para-hydroxylation sites is 1. The lowest BCUT2D eigenvalue weighted by Gasteiger charge is -2.05. The number of imidazole rings is 1. The Kier molecular flexibility index (Phi) is 2.57. The maximum absolute atomic E-state index is 4.70. The van der Waals surface area contributed by atoms with E-state index < -0.39 is 0 Å². The van der Waals surface area contributed by atoms with Gasteiger partial charge in [0.2, 0.25) is 0 Å². The molecule has 5 nitrogen and oxygen atoms in total. The van der Waals surface area contributed by atoms with Crippen LogP contribution in [0.3, 0.4) is 0 Å². The summed E-state index contributed by atoms with van der Waals surface area (Å²) < 4.78 is 3.80. The first-order chi connectivity index (χ1) is 10.3. The molecule has 0 saturated heterocycles. The fraction of sp³-hybridized carbons (Fsp3) is 0.0625. The van der Waals surface area contributed by atoms with Crippen molar-refractivity contribution < 1.29 is 0 Å². The molecule has 0 spiro atoms. The number of nitrogens with zero attached hydrogens (tertiary/aromatic N) is 5. The molecule has 4 aromatic rings. The Balaban J connectivity index is 1.93. The monoisotopic (exact) mass is 275 g/mol. The van der Waals surface area contributed by atoms with E-state index in [-0.39, 0.29) is 0 Å². The Hall–Kier alpha value is -2.95. The lowest BCUT2D eigenvalue weighted by Crippen LogP contribution is -1.97. The maximum atomic E-state index is 4.70. The molecule has 0 saturated carbocycles. The highest BCUT2D eigenvalue weighted by Gasteiger charge is 2.10. The molecule has 3 heterocycles. The maximum Gasteiger partial charge on any atom is 0.138 e. The number of rotatable bonds is 2. The molecule has 0 amide bonds. The summed E-state index contributed by atoms with van der Waals surface area (Å²) in [6, 6.07) is 12.1. The minimum Gasteiger partial charge on any atom is -0.306 e. The molecule has 0 bridgehead atoms. The van der Waals surface area contributed by atoms with Gasteiger partial charge in [0.05, 0.1) is 11.4 Å². The number of aryl methyl sites for hydroxylation is 1. The van der Waals surface area contributed by atoms with Gasteiger partial charge in [0.1, 0.15) is 18.3 Å². The second kappa shape index (κ2) is 4.56. The highest BCUT2D eigenvalue weighted by Crippen LogP contribution is 2.25. The highest BCUT2D eigenvalue weighted by atomic mass is 15.3. The summed E-state index contributed by atoms with van der Waals surface area (Å²) in [4.78, 5) is 8.71. The van der Waals surface area contributed by atoms with Crippen LogP contribution in [0.5, 0.6) is 0 Å². The quantitative estimate of drug-likeness (QED) is 0.565. The zero-order valence-corrected chi connectivity index (χ0v) is 11.5. The van der Waals surface area contributed by atoms with Crippen LogP contribution in [0.2, 0.25) is 0 Å². The van der Waals surface area contributed by atoms with E-state index in [1.165, 1.54) is 11.9 Å². The third kappa shape index (κ3) is 1.99. The molecule has 0 fully saturated rings. The molecule has 0 aliphatic carbocycles. The minimum atomic E-state index is 0.923. The Morgan fingerprint density at radius 2 is 1.90 bits per heavy atom. The van der Waals surface area contributed by atoms with Crippen molar-refractivity contribution in [1.82, 2.24) is 24.1 Å². The molecular weight excluding hydrogens is 262 g/mol. The van der Waals surface area contributed by atoms with E-state index in [0.29, 0.717) is 0 Å². The predicted molar refractivity (Wildman–Crippen MR) is 80.3 cm³/mol. The second-order valence-corrected chi connectivity index (χ2v) is 4.96. The predicted octanol–water partition coefficient (Wildman–Crippen LogP) is 2.89. The van der Waals surface area contributed by atoms with Crippen molar-refractivity contribution >= 4 is 5.65 Å². The van der Waals surface area contributed by atoms with Gasteiger partial charge in [0.15, 0.2) is 0 Å². The van der Waals surface area contributed by atoms with Gasteiger partial charge in [-0.1, -0.05) is 24.3 Å². The van der Waals surface area contributed by atoms with Crippen LogP contribution >= 0.6 is 0 Å². The van der Waals surface area contributed by atoms with Crippen LogP contribution in [0.1, 0.15) is 5.56 Å². The van der Waals surface area contributed by atoms with Gasteiger partial charge in [-0.3, -0.25) is 0 Å². The number of fused-ring (bicyclic) bond motifs is 1. The molecule has 5 heteroatoms. The molecule has 0 atom stereocenters. The number of benzene rings is 1. The minimum absolute atomic E-state index is 0.923. The molecule has 0 unspecified atom stereocenters. The summed E-state index contributed by atoms with van der Waals surface area (Å²) in [5.41, 5.74) is 5.06. The van der Waals surface area contributed by atoms with Gasteiger partial charge in [-0.15, -0.1) is 0 Å². The van der Waals surface area contributed by atoms with Crippen LogP contribution in [-0.2, 0) is 0 Å². The third-order valence-electron chi connectivity index (χ3n) is 3.44. The van der Waals surface area contributed by atoms with Gasteiger partial charge in [-0.2, -0.15) is 5.10 Å². The van der Waals surface area contributed by atoms with Gasteiger partial charge in [0.25, 0.3) is 0 Å². The molecular formula is C16H13N5. The van der Waals surface area contributed by atoms with E-state index in [1.807, 2.05) is 40.9 Å². The summed E-state index contributed by atoms with van der Waals surface area (Å²) in [6.45, 7) is 2.07. The SMILES string of the molecule is Cc1ccc2nc(-c3ccccc3-n3cncn3)cn2c1. The lowest BCUT2D eigenvalue weighted by molar-refractivity contribution is 0.880. The summed E-state index contributed by atoms with van der Waals surface area (Å²) in [7, 11) is 0. The summed E-state index contributed by atoms with van der Waals surface area (Å²) in [6.07, 6.45) is 7.34. The molecule has 4 rings (SSSR count). The van der Waals surface area contributed by atoms with Crippen LogP contribution in [0.15, 0.2) is 61.4 Å². The van der Waals surface area contributed by atoms with Gasteiger partial charge in [-0.25, -0.2) is 14.6 Å². The Morgan fingerprint density at radius 1 is 1.00 bits per heavy atom. The van der Waals surface area contributed by atoms with Crippen LogP contribution in [0.4, 0.5) is 0 Å². The van der Waals surface area contributed by atoms with Crippen LogP contribution in [0.25, 0.3) is 22.6 Å². The van der Waals surface area contributed by atoms with Crippen LogP contribution in [0, 0.1) is 6.92 Å². The van der Waals surface area contributed by atoms with Crippen molar-refractivity contribution in [3.8, 4) is 16.9 Å². The van der Waals surface area contributed by atoms with Crippen molar-refractivity contribution in [2.24, 2.45) is 0 Å². The Labute approximate surface area is 121 Å². The van der Waals surface area contributed by atoms with E-state index in [9.17, 15) is 0 Å². The first kappa shape index (κ1) is 11.8. The highest BCUT2D eigenvalue weighted by molar-refractivity contribution is 5.71. The summed E-state index contributed by atoms with van der Waals surface area (Å²) in [5, 5.41) is 4.21. The number of hydrogen-bond donors (Lipinski definition) is 0. The van der Waals surface area contributed by atoms with Gasteiger partial charge >= 0.3 is 0 Å². The topological polar surface area (TPSA) is 48.0 Å². The molecule has 0 N–H and O–H groups in total. The molecule has 102 valence electrons. The fourth-order valence-corrected chi connectivity index (χ4v) is 2.46. The first-order valence-electron chi connectivity index (χ1n) is 6.71. The van der Waals surface area contributed by atoms with E-state index in [2.05, 4.69) is 29.3 Å². The van der Waals surface area contributed by atoms with E-state index in [4.69, 9.17) is 4.98 Å². The molecule has 0 aliphatic rings. The smallest absolute Gasteiger partial charge is 0.138 e. The Morgan fingerprint density at radius 3 is 2.76 bits per heavy atom. The normalized spacial score (nSPS) is 11.1. The van der Waals surface area contributed by atoms with Crippen molar-refractivity contribution in [1.29, 1.82) is 0 Å². The zero-order chi connectivity index (χ0) is 14.2. The molecule has 1 aromatic carbocycles. The molecule has 21 heavy (non-hydrogen) atoms. The van der Waals surface area contributed by atoms with Gasteiger partial charge in [0, 0.05) is 18.0 Å². The fourth-order valence-electron chi connectivity index (χ4n) is 2.46. The molecule has 3 aromatic heterocycles. The van der Waals surface area contributed by atoms with E-state index in [1.54, 1.807) is 11.0 Å². The third-order valence-corrected chi connectivity index (χ3v) is 3.44. The molecule has 0 aliphatic heterocycles. The molecule has 0 radical (unpaired) electrons. The van der Waals surface area contributed by atoms with Gasteiger partial charge in [-0.05, 0) is 24.6 Å². The largest absolute Gasteiger partial charge is 0.306 e. The first-order valence-corrected chi connectivity index (χ1v) is 6.71. The van der Waals surface area contributed by atoms with Crippen LogP contribution in [-0.4, -0.2) is 24.1 Å². The standard InChI is InChI=1S/C16H13N5/c1-12-6-7-16-19-14(9-20(16)8-12)13-4-2-3-5-15(13)21-11-17-10-18-21/h2-11H,1H3. The number of aromatic nitrogens is 5. The number of pyridine rings is 1. The van der Waals surface area contributed by atoms with Crippen molar-refractivity contribution in [3.05, 3.63) is 67.0 Å². The van der Waals surface area contributed by atoms with Crippen molar-refractivity contribution in [2.45, 2.75) is 6.92 Å². The van der Waals surface area contributed by atoms with Crippen LogP contribution < -0.4 is 0 Å². The summed E-state index contributed by atoms with van der Waals surface area (Å²) in [5.74, 6) is 0.